The lowest BCUT2D eigenvalue weighted by Crippen LogP contribution is -3.01. The SMILES string of the molecule is FC(F)(F)C(F)(F)[C@]1(c2ccccc2)CCCC[NH2+]1. The first-order valence-electron chi connectivity index (χ1n) is 6.16. The molecule has 1 saturated heterocycles. The Bertz CT molecular complexity index is 420. The average molecular weight is 280 g/mol. The zero-order valence-corrected chi connectivity index (χ0v) is 10.2. The molecule has 1 aliphatic rings. The van der Waals surface area contributed by atoms with Crippen LogP contribution in [0.5, 0.6) is 0 Å². The second-order valence-electron chi connectivity index (χ2n) is 4.86. The van der Waals surface area contributed by atoms with E-state index < -0.39 is 17.6 Å². The van der Waals surface area contributed by atoms with Gasteiger partial charge in [0.05, 0.1) is 6.54 Å². The third-order valence-electron chi connectivity index (χ3n) is 3.72. The zero-order chi connectivity index (χ0) is 14.1. The van der Waals surface area contributed by atoms with Crippen molar-refractivity contribution < 1.29 is 27.3 Å². The molecular formula is C13H15F5N+. The van der Waals surface area contributed by atoms with Crippen LogP contribution in [0.2, 0.25) is 0 Å². The Balaban J connectivity index is 2.53. The Morgan fingerprint density at radius 3 is 2.05 bits per heavy atom. The average Bonchev–Trinajstić information content (AvgIpc) is 2.39. The van der Waals surface area contributed by atoms with Crippen LogP contribution in [-0.2, 0) is 5.54 Å². The van der Waals surface area contributed by atoms with E-state index >= 15 is 0 Å². The van der Waals surface area contributed by atoms with Gasteiger partial charge in [-0.15, -0.1) is 0 Å². The molecule has 1 aromatic rings. The summed E-state index contributed by atoms with van der Waals surface area (Å²) < 4.78 is 66.3. The van der Waals surface area contributed by atoms with Crippen molar-refractivity contribution in [1.82, 2.24) is 0 Å². The van der Waals surface area contributed by atoms with Crippen molar-refractivity contribution >= 4 is 0 Å². The fourth-order valence-electron chi connectivity index (χ4n) is 2.72. The molecule has 0 saturated carbocycles. The normalized spacial score (nSPS) is 25.3. The maximum atomic E-state index is 14.0. The van der Waals surface area contributed by atoms with Gasteiger partial charge in [-0.2, -0.15) is 22.0 Å². The molecule has 2 rings (SSSR count). The second kappa shape index (κ2) is 4.74. The molecule has 1 atom stereocenters. The van der Waals surface area contributed by atoms with E-state index in [0.29, 0.717) is 12.8 Å². The van der Waals surface area contributed by atoms with Crippen LogP contribution in [0, 0.1) is 0 Å². The predicted octanol–water partition coefficient (Wildman–Crippen LogP) is 2.83. The van der Waals surface area contributed by atoms with E-state index in [4.69, 9.17) is 0 Å². The molecule has 1 nitrogen and oxygen atoms in total. The summed E-state index contributed by atoms with van der Waals surface area (Å²) in [6.45, 7) is 0.278. The monoisotopic (exact) mass is 280 g/mol. The Morgan fingerprint density at radius 2 is 1.58 bits per heavy atom. The van der Waals surface area contributed by atoms with E-state index in [1.807, 2.05) is 0 Å². The van der Waals surface area contributed by atoms with E-state index in [9.17, 15) is 22.0 Å². The first-order valence-corrected chi connectivity index (χ1v) is 6.16. The van der Waals surface area contributed by atoms with E-state index in [0.717, 1.165) is 5.32 Å². The third kappa shape index (κ3) is 2.22. The van der Waals surface area contributed by atoms with Gasteiger partial charge in [0.25, 0.3) is 0 Å². The van der Waals surface area contributed by atoms with Gasteiger partial charge in [0.1, 0.15) is 0 Å². The quantitative estimate of drug-likeness (QED) is 0.802. The largest absolute Gasteiger partial charge is 0.460 e. The lowest BCUT2D eigenvalue weighted by Gasteiger charge is -2.41. The molecule has 1 fully saturated rings. The van der Waals surface area contributed by atoms with E-state index in [2.05, 4.69) is 0 Å². The summed E-state index contributed by atoms with van der Waals surface area (Å²) in [5.41, 5.74) is -2.19. The van der Waals surface area contributed by atoms with Crippen molar-refractivity contribution in [3.63, 3.8) is 0 Å². The third-order valence-corrected chi connectivity index (χ3v) is 3.72. The number of alkyl halides is 5. The van der Waals surface area contributed by atoms with Gasteiger partial charge in [-0.25, -0.2) is 0 Å². The van der Waals surface area contributed by atoms with E-state index in [-0.39, 0.29) is 18.5 Å². The fraction of sp³-hybridized carbons (Fsp3) is 0.538. The summed E-state index contributed by atoms with van der Waals surface area (Å²) in [5.74, 6) is -4.75. The van der Waals surface area contributed by atoms with Gasteiger partial charge >= 0.3 is 12.1 Å². The minimum atomic E-state index is -5.54. The van der Waals surface area contributed by atoms with Gasteiger partial charge in [-0.05, 0) is 12.8 Å². The van der Waals surface area contributed by atoms with Gasteiger partial charge in [-0.1, -0.05) is 30.3 Å². The highest BCUT2D eigenvalue weighted by Gasteiger charge is 2.73. The van der Waals surface area contributed by atoms with Crippen LogP contribution in [-0.4, -0.2) is 18.6 Å². The van der Waals surface area contributed by atoms with Crippen molar-refractivity contribution in [3.8, 4) is 0 Å². The fourth-order valence-corrected chi connectivity index (χ4v) is 2.72. The maximum absolute atomic E-state index is 14.0. The molecule has 1 aromatic carbocycles. The van der Waals surface area contributed by atoms with Crippen molar-refractivity contribution in [2.75, 3.05) is 6.54 Å². The molecule has 19 heavy (non-hydrogen) atoms. The first-order chi connectivity index (χ1) is 8.81. The summed E-state index contributed by atoms with van der Waals surface area (Å²) in [6.07, 6.45) is -4.69. The van der Waals surface area contributed by atoms with Gasteiger partial charge in [-0.3, -0.25) is 0 Å². The zero-order valence-electron chi connectivity index (χ0n) is 10.2. The van der Waals surface area contributed by atoms with Crippen LogP contribution < -0.4 is 5.32 Å². The second-order valence-corrected chi connectivity index (χ2v) is 4.86. The van der Waals surface area contributed by atoms with Crippen LogP contribution >= 0.6 is 0 Å². The predicted molar refractivity (Wildman–Crippen MR) is 59.8 cm³/mol. The van der Waals surface area contributed by atoms with Gasteiger partial charge in [0.2, 0.25) is 0 Å². The number of quaternary nitrogens is 1. The first kappa shape index (κ1) is 14.2. The molecule has 1 heterocycles. The summed E-state index contributed by atoms with van der Waals surface area (Å²) in [6, 6.07) is 7.28. The topological polar surface area (TPSA) is 16.6 Å². The van der Waals surface area contributed by atoms with Crippen LogP contribution in [0.15, 0.2) is 30.3 Å². The minimum absolute atomic E-state index is 0.0389. The summed E-state index contributed by atoms with van der Waals surface area (Å²) >= 11 is 0. The highest BCUT2D eigenvalue weighted by molar-refractivity contribution is 5.26. The van der Waals surface area contributed by atoms with Crippen molar-refractivity contribution in [1.29, 1.82) is 0 Å². The standard InChI is InChI=1S/C13H14F5N/c14-12(15,13(16,17)18)11(8-4-5-9-19-11)10-6-2-1-3-7-10/h1-3,6-7,19H,4-5,8-9H2/p+1/t11-/m1/s1. The van der Waals surface area contributed by atoms with Crippen molar-refractivity contribution in [2.45, 2.75) is 36.9 Å². The van der Waals surface area contributed by atoms with E-state index in [1.165, 1.54) is 24.3 Å². The molecule has 2 N–H and O–H groups in total. The summed E-state index contributed by atoms with van der Waals surface area (Å²) in [7, 11) is 0. The van der Waals surface area contributed by atoms with Crippen LogP contribution in [0.3, 0.4) is 0 Å². The molecule has 0 spiro atoms. The molecular weight excluding hydrogens is 265 g/mol. The highest BCUT2D eigenvalue weighted by atomic mass is 19.4. The molecule has 0 aromatic heterocycles. The van der Waals surface area contributed by atoms with E-state index in [1.54, 1.807) is 6.07 Å². The molecule has 0 aliphatic carbocycles. The van der Waals surface area contributed by atoms with Gasteiger partial charge in [0.15, 0.2) is 5.54 Å². The lowest BCUT2D eigenvalue weighted by atomic mass is 9.77. The van der Waals surface area contributed by atoms with Crippen molar-refractivity contribution in [2.24, 2.45) is 0 Å². The number of nitrogens with two attached hydrogens (primary N) is 1. The lowest BCUT2D eigenvalue weighted by molar-refractivity contribution is -0.771. The van der Waals surface area contributed by atoms with Gasteiger partial charge < -0.3 is 5.32 Å². The number of hydrogen-bond acceptors (Lipinski definition) is 0. The smallest absolute Gasteiger partial charge is 0.332 e. The Morgan fingerprint density at radius 1 is 0.947 bits per heavy atom. The van der Waals surface area contributed by atoms with Gasteiger partial charge in [0, 0.05) is 12.0 Å². The number of rotatable bonds is 2. The number of piperidine rings is 1. The van der Waals surface area contributed by atoms with Crippen LogP contribution in [0.25, 0.3) is 0 Å². The molecule has 1 aliphatic heterocycles. The molecule has 0 amide bonds. The number of benzene rings is 1. The molecule has 106 valence electrons. The molecule has 0 radical (unpaired) electrons. The maximum Gasteiger partial charge on any atom is 0.460 e. The number of halogens is 5. The van der Waals surface area contributed by atoms with Crippen molar-refractivity contribution in [3.05, 3.63) is 35.9 Å². The Labute approximate surface area is 107 Å². The molecule has 6 heteroatoms. The number of hydrogen-bond donors (Lipinski definition) is 1. The minimum Gasteiger partial charge on any atom is -0.332 e. The molecule has 0 bridgehead atoms. The van der Waals surface area contributed by atoms with Crippen LogP contribution in [0.4, 0.5) is 22.0 Å². The highest BCUT2D eigenvalue weighted by Crippen LogP contribution is 2.49. The van der Waals surface area contributed by atoms with Crippen LogP contribution in [0.1, 0.15) is 24.8 Å². The summed E-state index contributed by atoms with van der Waals surface area (Å²) in [5, 5.41) is 1.15. The summed E-state index contributed by atoms with van der Waals surface area (Å²) in [4.78, 5) is 0. The Hall–Kier alpha value is -1.17. The molecule has 0 unspecified atom stereocenters. The Kier molecular flexibility index (Phi) is 3.55.